The normalized spacial score (nSPS) is 16.2. The van der Waals surface area contributed by atoms with Gasteiger partial charge in [0.05, 0.1) is 5.69 Å². The van der Waals surface area contributed by atoms with E-state index in [9.17, 15) is 4.79 Å². The number of fused-ring (bicyclic) bond motifs is 1. The first-order valence-electron chi connectivity index (χ1n) is 8.31. The third-order valence-corrected chi connectivity index (χ3v) is 5.51. The average molecular weight is 426 g/mol. The van der Waals surface area contributed by atoms with E-state index < -0.39 is 5.91 Å². The van der Waals surface area contributed by atoms with Gasteiger partial charge in [0, 0.05) is 17.8 Å². The van der Waals surface area contributed by atoms with Gasteiger partial charge < -0.3 is 10.2 Å². The van der Waals surface area contributed by atoms with Gasteiger partial charge in [0.25, 0.3) is 5.91 Å². The van der Waals surface area contributed by atoms with Crippen LogP contribution in [0.2, 0.25) is 10.2 Å². The van der Waals surface area contributed by atoms with Crippen molar-refractivity contribution in [1.29, 1.82) is 0 Å². The highest BCUT2D eigenvalue weighted by Gasteiger charge is 2.26. The second-order valence-corrected chi connectivity index (χ2v) is 7.50. The quantitative estimate of drug-likeness (QED) is 0.601. The van der Waals surface area contributed by atoms with E-state index in [0.29, 0.717) is 17.1 Å². The van der Waals surface area contributed by atoms with Gasteiger partial charge >= 0.3 is 0 Å². The van der Waals surface area contributed by atoms with E-state index in [4.69, 9.17) is 45.1 Å². The van der Waals surface area contributed by atoms with Crippen molar-refractivity contribution in [3.63, 3.8) is 0 Å². The third kappa shape index (κ3) is 3.46. The molecule has 3 aromatic rings. The molecule has 0 radical (unpaired) electrons. The molecule has 140 valence electrons. The molecule has 0 spiro atoms. The van der Waals surface area contributed by atoms with Crippen LogP contribution in [0.25, 0.3) is 11.5 Å². The maximum atomic E-state index is 12.8. The second kappa shape index (κ2) is 7.20. The van der Waals surface area contributed by atoms with E-state index in [-0.39, 0.29) is 22.0 Å². The van der Waals surface area contributed by atoms with Gasteiger partial charge in [-0.2, -0.15) is 5.10 Å². The number of hydrogen-bond donors (Lipinski definition) is 2. The smallest absolute Gasteiger partial charge is 0.294 e. The number of aromatic nitrogens is 2. The van der Waals surface area contributed by atoms with Crippen LogP contribution in [-0.4, -0.2) is 22.1 Å². The van der Waals surface area contributed by atoms with Crippen LogP contribution in [0.1, 0.15) is 28.0 Å². The second-order valence-electron chi connectivity index (χ2n) is 6.41. The first kappa shape index (κ1) is 18.4. The maximum Gasteiger partial charge on any atom is 0.294 e. The summed E-state index contributed by atoms with van der Waals surface area (Å²) in [6.45, 7) is 0. The number of nitrogens with one attached hydrogen (secondary N) is 1. The van der Waals surface area contributed by atoms with E-state index in [0.717, 1.165) is 29.2 Å². The number of halogens is 3. The number of aromatic amines is 1. The van der Waals surface area contributed by atoms with Gasteiger partial charge in [-0.05, 0) is 66.3 Å². The summed E-state index contributed by atoms with van der Waals surface area (Å²) in [4.78, 5) is 12.8. The Morgan fingerprint density at radius 1 is 1.26 bits per heavy atom. The number of rotatable bonds is 3. The predicted octanol–water partition coefficient (Wildman–Crippen LogP) is 4.59. The molecule has 0 bridgehead atoms. The van der Waals surface area contributed by atoms with Gasteiger partial charge in [-0.3, -0.25) is 9.89 Å². The van der Waals surface area contributed by atoms with Crippen LogP contribution >= 0.6 is 35.0 Å². The van der Waals surface area contributed by atoms with Crippen LogP contribution in [-0.2, 0) is 12.8 Å². The number of aryl methyl sites for hydroxylation is 1. The van der Waals surface area contributed by atoms with Crippen LogP contribution in [0.15, 0.2) is 34.7 Å². The number of anilines is 1. The molecule has 0 fully saturated rings. The molecule has 27 heavy (non-hydrogen) atoms. The molecule has 1 amide bonds. The van der Waals surface area contributed by atoms with Gasteiger partial charge in [-0.1, -0.05) is 17.7 Å². The minimum Gasteiger partial charge on any atom is -0.443 e. The highest BCUT2D eigenvalue weighted by atomic mass is 35.5. The maximum absolute atomic E-state index is 12.8. The lowest BCUT2D eigenvalue weighted by Gasteiger charge is -2.23. The summed E-state index contributed by atoms with van der Waals surface area (Å²) in [7, 11) is 0. The molecule has 0 saturated heterocycles. The summed E-state index contributed by atoms with van der Waals surface area (Å²) in [5, 5.41) is 7.00. The van der Waals surface area contributed by atoms with Gasteiger partial charge in [0.1, 0.15) is 10.7 Å². The van der Waals surface area contributed by atoms with E-state index in [1.54, 1.807) is 18.2 Å². The summed E-state index contributed by atoms with van der Waals surface area (Å²) < 4.78 is 6.31. The average Bonchev–Trinajstić information content (AvgIpc) is 3.25. The zero-order valence-electron chi connectivity index (χ0n) is 14.0. The van der Waals surface area contributed by atoms with Crippen LogP contribution in [0.3, 0.4) is 0 Å². The molecule has 4 rings (SSSR count). The Morgan fingerprint density at radius 3 is 2.81 bits per heavy atom. The first-order chi connectivity index (χ1) is 12.9. The van der Waals surface area contributed by atoms with Crippen molar-refractivity contribution in [3.05, 3.63) is 57.4 Å². The Kier molecular flexibility index (Phi) is 4.90. The highest BCUT2D eigenvalue weighted by molar-refractivity contribution is 6.42. The largest absolute Gasteiger partial charge is 0.443 e. The van der Waals surface area contributed by atoms with Crippen molar-refractivity contribution in [2.75, 3.05) is 4.42 Å². The highest BCUT2D eigenvalue weighted by Crippen LogP contribution is 2.33. The van der Waals surface area contributed by atoms with Gasteiger partial charge in [-0.15, -0.1) is 0 Å². The zero-order chi connectivity index (χ0) is 19.1. The topological polar surface area (TPSA) is 88.1 Å². The SMILES string of the molecule is N[C@H]1CCc2cc(N(Cl)C(=O)c3n[nH]c(-c4ccc(Cl)o4)c3Cl)ccc2C1. The number of carbonyl (C=O) groups excluding carboxylic acids is 1. The van der Waals surface area contributed by atoms with Gasteiger partial charge in [0.2, 0.25) is 0 Å². The number of amides is 1. The van der Waals surface area contributed by atoms with Gasteiger partial charge in [0.15, 0.2) is 16.7 Å². The van der Waals surface area contributed by atoms with Gasteiger partial charge in [-0.25, -0.2) is 4.42 Å². The number of carbonyl (C=O) groups is 1. The monoisotopic (exact) mass is 424 g/mol. The van der Waals surface area contributed by atoms with Crippen LogP contribution < -0.4 is 10.2 Å². The Bertz CT molecular complexity index is 1010. The Labute approximate surface area is 170 Å². The van der Waals surface area contributed by atoms with E-state index in [1.807, 2.05) is 12.1 Å². The number of nitrogens with zero attached hydrogens (tertiary/aromatic N) is 2. The summed E-state index contributed by atoms with van der Waals surface area (Å²) in [5.41, 5.74) is 9.24. The lowest BCUT2D eigenvalue weighted by atomic mass is 9.88. The fourth-order valence-electron chi connectivity index (χ4n) is 3.18. The molecular formula is C18H15Cl3N4O2. The molecule has 1 aromatic carbocycles. The summed E-state index contributed by atoms with van der Waals surface area (Å²) >= 11 is 18.4. The van der Waals surface area contributed by atoms with Crippen molar-refractivity contribution in [2.24, 2.45) is 5.73 Å². The number of hydrogen-bond acceptors (Lipinski definition) is 4. The molecule has 2 aromatic heterocycles. The van der Waals surface area contributed by atoms with E-state index >= 15 is 0 Å². The van der Waals surface area contributed by atoms with Crippen LogP contribution in [0.4, 0.5) is 5.69 Å². The standard InChI is InChI=1S/C18H15Cl3N4O2/c19-14-6-5-13(27-14)16-15(20)17(24-23-16)18(26)25(21)12-4-2-9-7-11(22)3-1-10(9)8-12/h2,4-6,8,11H,1,3,7,22H2,(H,23,24)/t11-/m0/s1. The van der Waals surface area contributed by atoms with E-state index in [2.05, 4.69) is 10.2 Å². The number of H-pyrrole nitrogens is 1. The lowest BCUT2D eigenvalue weighted by molar-refractivity contribution is 0.100. The number of nitrogens with two attached hydrogens (primary N) is 1. The van der Waals surface area contributed by atoms with Crippen molar-refractivity contribution in [2.45, 2.75) is 25.3 Å². The van der Waals surface area contributed by atoms with Crippen molar-refractivity contribution >= 4 is 46.6 Å². The van der Waals surface area contributed by atoms with Crippen molar-refractivity contribution in [3.8, 4) is 11.5 Å². The number of furan rings is 1. The molecular weight excluding hydrogens is 411 g/mol. The zero-order valence-corrected chi connectivity index (χ0v) is 16.3. The molecule has 2 heterocycles. The molecule has 9 heteroatoms. The molecule has 0 saturated carbocycles. The van der Waals surface area contributed by atoms with E-state index in [1.165, 1.54) is 5.56 Å². The fraction of sp³-hybridized carbons (Fsp3) is 0.222. The molecule has 1 aliphatic rings. The molecule has 1 aliphatic carbocycles. The fourth-order valence-corrected chi connectivity index (χ4v) is 3.77. The molecule has 0 unspecified atom stereocenters. The third-order valence-electron chi connectivity index (χ3n) is 4.59. The molecule has 1 atom stereocenters. The summed E-state index contributed by atoms with van der Waals surface area (Å²) in [6, 6.07) is 9.02. The minimum absolute atomic E-state index is 0.00562. The first-order valence-corrected chi connectivity index (χ1v) is 9.40. The predicted molar refractivity (Wildman–Crippen MR) is 105 cm³/mol. The molecule has 3 N–H and O–H groups in total. The lowest BCUT2D eigenvalue weighted by Crippen LogP contribution is -2.28. The van der Waals surface area contributed by atoms with Crippen molar-refractivity contribution in [1.82, 2.24) is 10.2 Å². The van der Waals surface area contributed by atoms with Crippen molar-refractivity contribution < 1.29 is 9.21 Å². The van der Waals surface area contributed by atoms with Crippen LogP contribution in [0, 0.1) is 0 Å². The summed E-state index contributed by atoms with van der Waals surface area (Å²) in [6.07, 6.45) is 2.59. The summed E-state index contributed by atoms with van der Waals surface area (Å²) in [5.74, 6) is -0.169. The Morgan fingerprint density at radius 2 is 2.07 bits per heavy atom. The Balaban J connectivity index is 1.61. The Hall–Kier alpha value is -1.99. The minimum atomic E-state index is -0.547. The number of benzene rings is 1. The molecule has 6 nitrogen and oxygen atoms in total. The molecule has 0 aliphatic heterocycles. The van der Waals surface area contributed by atoms with Crippen LogP contribution in [0.5, 0.6) is 0 Å².